The highest BCUT2D eigenvalue weighted by atomic mass is 16.6. The number of carbonyl (C=O) groups is 2. The molecule has 0 amide bonds. The van der Waals surface area contributed by atoms with Crippen molar-refractivity contribution in [3.8, 4) is 0 Å². The summed E-state index contributed by atoms with van der Waals surface area (Å²) in [4.78, 5) is 35.4. The van der Waals surface area contributed by atoms with Gasteiger partial charge in [0, 0.05) is 37.1 Å². The van der Waals surface area contributed by atoms with Crippen molar-refractivity contribution in [3.63, 3.8) is 0 Å². The van der Waals surface area contributed by atoms with Crippen LogP contribution in [-0.4, -0.2) is 29.6 Å². The minimum Gasteiger partial charge on any atom is -0.365 e. The summed E-state index contributed by atoms with van der Waals surface area (Å²) in [6.07, 6.45) is 0.396. The molecule has 1 fully saturated rings. The number of anilines is 1. The van der Waals surface area contributed by atoms with Crippen molar-refractivity contribution in [3.05, 3.63) is 33.9 Å². The van der Waals surface area contributed by atoms with E-state index in [1.165, 1.54) is 13.0 Å². The van der Waals surface area contributed by atoms with Gasteiger partial charge in [0.1, 0.15) is 11.5 Å². The molecule has 6 nitrogen and oxygen atoms in total. The van der Waals surface area contributed by atoms with Crippen molar-refractivity contribution in [2.45, 2.75) is 20.3 Å². The molecule has 1 heterocycles. The molecule has 6 heteroatoms. The number of nitro groups is 1. The third-order valence-electron chi connectivity index (χ3n) is 3.59. The third-order valence-corrected chi connectivity index (χ3v) is 3.59. The predicted octanol–water partition coefficient (Wildman–Crippen LogP) is 2.21. The van der Waals surface area contributed by atoms with Crippen molar-refractivity contribution >= 4 is 22.9 Å². The van der Waals surface area contributed by atoms with Gasteiger partial charge in [0.05, 0.1) is 4.92 Å². The number of hydrogen-bond donors (Lipinski definition) is 0. The van der Waals surface area contributed by atoms with Crippen LogP contribution in [0.2, 0.25) is 0 Å². The number of ketones is 2. The fraction of sp³-hybridized carbons (Fsp3) is 0.429. The van der Waals surface area contributed by atoms with Crippen LogP contribution in [0, 0.1) is 16.0 Å². The molecule has 20 heavy (non-hydrogen) atoms. The highest BCUT2D eigenvalue weighted by molar-refractivity contribution is 5.95. The van der Waals surface area contributed by atoms with Crippen molar-refractivity contribution in [1.82, 2.24) is 0 Å². The van der Waals surface area contributed by atoms with Crippen molar-refractivity contribution < 1.29 is 14.5 Å². The van der Waals surface area contributed by atoms with E-state index in [1.807, 2.05) is 11.8 Å². The largest absolute Gasteiger partial charge is 0.365 e. The molecular formula is C14H16N2O4. The Morgan fingerprint density at radius 3 is 2.70 bits per heavy atom. The van der Waals surface area contributed by atoms with E-state index >= 15 is 0 Å². The molecule has 1 atom stereocenters. The zero-order chi connectivity index (χ0) is 14.9. The summed E-state index contributed by atoms with van der Waals surface area (Å²) in [5, 5.41) is 11.2. The fourth-order valence-electron chi connectivity index (χ4n) is 2.39. The maximum absolute atomic E-state index is 11.5. The molecule has 0 N–H and O–H groups in total. The van der Waals surface area contributed by atoms with E-state index in [9.17, 15) is 19.7 Å². The summed E-state index contributed by atoms with van der Waals surface area (Å²) in [6.45, 7) is 4.15. The topological polar surface area (TPSA) is 80.5 Å². The summed E-state index contributed by atoms with van der Waals surface area (Å²) >= 11 is 0. The minimum absolute atomic E-state index is 0.0840. The second-order valence-electron chi connectivity index (χ2n) is 5.08. The van der Waals surface area contributed by atoms with E-state index < -0.39 is 4.92 Å². The van der Waals surface area contributed by atoms with E-state index in [0.717, 1.165) is 0 Å². The van der Waals surface area contributed by atoms with Gasteiger partial charge in [-0.2, -0.15) is 0 Å². The van der Waals surface area contributed by atoms with Gasteiger partial charge in [-0.25, -0.2) is 0 Å². The van der Waals surface area contributed by atoms with Crippen LogP contribution < -0.4 is 4.90 Å². The number of hydrogen-bond acceptors (Lipinski definition) is 5. The monoisotopic (exact) mass is 276 g/mol. The van der Waals surface area contributed by atoms with Crippen molar-refractivity contribution in [1.29, 1.82) is 0 Å². The average molecular weight is 276 g/mol. The molecule has 2 rings (SSSR count). The lowest BCUT2D eigenvalue weighted by atomic mass is 9.97. The maximum Gasteiger partial charge on any atom is 0.293 e. The number of rotatable bonds is 3. The quantitative estimate of drug-likeness (QED) is 0.480. The first kappa shape index (κ1) is 14.2. The van der Waals surface area contributed by atoms with Crippen LogP contribution in [0.4, 0.5) is 11.4 Å². The second-order valence-corrected chi connectivity index (χ2v) is 5.08. The molecule has 0 bridgehead atoms. The highest BCUT2D eigenvalue weighted by Gasteiger charge is 2.28. The molecule has 1 saturated heterocycles. The first-order valence-electron chi connectivity index (χ1n) is 6.47. The first-order chi connectivity index (χ1) is 9.40. The van der Waals surface area contributed by atoms with Crippen LogP contribution in [0.25, 0.3) is 0 Å². The molecule has 0 saturated carbocycles. The third kappa shape index (κ3) is 2.68. The summed E-state index contributed by atoms with van der Waals surface area (Å²) in [5.74, 6) is -0.151. The Balaban J connectivity index is 2.38. The van der Waals surface area contributed by atoms with Crippen LogP contribution >= 0.6 is 0 Å². The number of nitro benzene ring substituents is 1. The molecule has 106 valence electrons. The molecular weight excluding hydrogens is 260 g/mol. The Hall–Kier alpha value is -2.24. The lowest BCUT2D eigenvalue weighted by Gasteiger charge is -2.31. The SMILES string of the molecule is CC(=O)c1ccc(N2CCC(=O)C(C)C2)c([N+](=O)[O-])c1. The van der Waals surface area contributed by atoms with Gasteiger partial charge in [-0.3, -0.25) is 19.7 Å². The molecule has 1 aliphatic rings. The summed E-state index contributed by atoms with van der Waals surface area (Å²) in [6, 6.07) is 4.49. The Bertz CT molecular complexity index is 583. The van der Waals surface area contributed by atoms with Gasteiger partial charge in [-0.05, 0) is 19.1 Å². The van der Waals surface area contributed by atoms with Gasteiger partial charge in [-0.1, -0.05) is 6.92 Å². The van der Waals surface area contributed by atoms with Gasteiger partial charge in [-0.15, -0.1) is 0 Å². The van der Waals surface area contributed by atoms with E-state index in [-0.39, 0.29) is 23.2 Å². The molecule has 1 unspecified atom stereocenters. The Kier molecular flexibility index (Phi) is 3.83. The maximum atomic E-state index is 11.5. The molecule has 1 aromatic rings. The fourth-order valence-corrected chi connectivity index (χ4v) is 2.39. The minimum atomic E-state index is -0.483. The molecule has 0 aromatic heterocycles. The van der Waals surface area contributed by atoms with E-state index in [4.69, 9.17) is 0 Å². The van der Waals surface area contributed by atoms with Crippen molar-refractivity contribution in [2.24, 2.45) is 5.92 Å². The van der Waals surface area contributed by atoms with E-state index in [1.54, 1.807) is 12.1 Å². The Morgan fingerprint density at radius 2 is 2.15 bits per heavy atom. The van der Waals surface area contributed by atoms with E-state index in [2.05, 4.69) is 0 Å². The van der Waals surface area contributed by atoms with Gasteiger partial charge in [0.15, 0.2) is 5.78 Å². The average Bonchev–Trinajstić information content (AvgIpc) is 2.41. The number of nitrogens with zero attached hydrogens (tertiary/aromatic N) is 2. The molecule has 0 aliphatic carbocycles. The number of Topliss-reactive ketones (excluding diaryl/α,β-unsaturated/α-hetero) is 2. The Morgan fingerprint density at radius 1 is 1.45 bits per heavy atom. The van der Waals surface area contributed by atoms with Gasteiger partial charge < -0.3 is 4.90 Å². The first-order valence-corrected chi connectivity index (χ1v) is 6.47. The standard InChI is InChI=1S/C14H16N2O4/c1-9-8-15(6-5-14(9)18)12-4-3-11(10(2)17)7-13(12)16(19)20/h3-4,7,9H,5-6,8H2,1-2H3. The summed E-state index contributed by atoms with van der Waals surface area (Å²) < 4.78 is 0. The number of benzene rings is 1. The molecule has 0 radical (unpaired) electrons. The van der Waals surface area contributed by atoms with E-state index in [0.29, 0.717) is 30.8 Å². The summed E-state index contributed by atoms with van der Waals surface area (Å²) in [5.41, 5.74) is 0.709. The highest BCUT2D eigenvalue weighted by Crippen LogP contribution is 2.31. The van der Waals surface area contributed by atoms with Crippen molar-refractivity contribution in [2.75, 3.05) is 18.0 Å². The molecule has 0 spiro atoms. The number of piperidine rings is 1. The summed E-state index contributed by atoms with van der Waals surface area (Å²) in [7, 11) is 0. The molecule has 1 aromatic carbocycles. The lowest BCUT2D eigenvalue weighted by Crippen LogP contribution is -2.39. The van der Waals surface area contributed by atoms with Crippen LogP contribution in [0.5, 0.6) is 0 Å². The smallest absolute Gasteiger partial charge is 0.293 e. The molecule has 1 aliphatic heterocycles. The van der Waals surface area contributed by atoms with Crippen LogP contribution in [0.15, 0.2) is 18.2 Å². The van der Waals surface area contributed by atoms with Crippen LogP contribution in [-0.2, 0) is 4.79 Å². The second kappa shape index (κ2) is 5.40. The predicted molar refractivity (Wildman–Crippen MR) is 74.1 cm³/mol. The van der Waals surface area contributed by atoms with Gasteiger partial charge in [0.25, 0.3) is 5.69 Å². The zero-order valence-electron chi connectivity index (χ0n) is 11.5. The van der Waals surface area contributed by atoms with Gasteiger partial charge in [0.2, 0.25) is 0 Å². The van der Waals surface area contributed by atoms with Crippen LogP contribution in [0.1, 0.15) is 30.6 Å². The van der Waals surface area contributed by atoms with Gasteiger partial charge >= 0.3 is 0 Å². The van der Waals surface area contributed by atoms with Crippen LogP contribution in [0.3, 0.4) is 0 Å². The Labute approximate surface area is 116 Å². The zero-order valence-corrected chi connectivity index (χ0v) is 11.5. The normalized spacial score (nSPS) is 19.0. The number of carbonyl (C=O) groups excluding carboxylic acids is 2. The lowest BCUT2D eigenvalue weighted by molar-refractivity contribution is -0.384.